The second-order valence-corrected chi connectivity index (χ2v) is 14.4. The average molecular weight is 470 g/mol. The van der Waals surface area contributed by atoms with Gasteiger partial charge in [0.25, 0.3) is 0 Å². The maximum absolute atomic E-state index is 4.25. The van der Waals surface area contributed by atoms with Crippen molar-refractivity contribution >= 4 is 0 Å². The minimum atomic E-state index is 0.542. The van der Waals surface area contributed by atoms with Crippen LogP contribution in [0.2, 0.25) is 0 Å². The fraction of sp³-hybridized carbons (Fsp3) is 0.939. The van der Waals surface area contributed by atoms with E-state index in [1.165, 1.54) is 89.9 Å². The van der Waals surface area contributed by atoms with Gasteiger partial charge in [-0.3, -0.25) is 0 Å². The molecule has 3 fully saturated rings. The van der Waals surface area contributed by atoms with Crippen LogP contribution in [0.25, 0.3) is 0 Å². The smallest absolute Gasteiger partial charge is 0.0294 e. The van der Waals surface area contributed by atoms with E-state index in [4.69, 9.17) is 0 Å². The molecule has 0 aromatic carbocycles. The lowest BCUT2D eigenvalue weighted by atomic mass is 9.45. The van der Waals surface area contributed by atoms with Crippen LogP contribution < -0.4 is 5.32 Å². The zero-order chi connectivity index (χ0) is 24.5. The second kappa shape index (κ2) is 10.9. The minimum Gasteiger partial charge on any atom is -0.386 e. The number of hydrogen-bond acceptors (Lipinski definition) is 1. The second-order valence-electron chi connectivity index (χ2n) is 14.4. The fourth-order valence-electron chi connectivity index (χ4n) is 10.1. The quantitative estimate of drug-likeness (QED) is 0.354. The van der Waals surface area contributed by atoms with Gasteiger partial charge in [-0.2, -0.15) is 0 Å². The first-order valence-electron chi connectivity index (χ1n) is 15.7. The van der Waals surface area contributed by atoms with Crippen LogP contribution in [-0.4, -0.2) is 6.04 Å². The predicted molar refractivity (Wildman–Crippen MR) is 149 cm³/mol. The van der Waals surface area contributed by atoms with Crippen LogP contribution in [0, 0.1) is 52.3 Å². The highest BCUT2D eigenvalue weighted by atomic mass is 15.0. The zero-order valence-electron chi connectivity index (χ0n) is 24.1. The van der Waals surface area contributed by atoms with Gasteiger partial charge in [-0.1, -0.05) is 80.2 Å². The molecule has 1 N–H and O–H groups in total. The molecule has 0 radical (unpaired) electrons. The monoisotopic (exact) mass is 469 g/mol. The summed E-state index contributed by atoms with van der Waals surface area (Å²) in [6.07, 6.45) is 22.4. The van der Waals surface area contributed by atoms with Crippen molar-refractivity contribution in [1.82, 2.24) is 5.32 Å². The molecule has 0 amide bonds. The van der Waals surface area contributed by atoms with E-state index in [1.807, 2.05) is 0 Å². The Bertz CT molecular complexity index is 693. The Kier molecular flexibility index (Phi) is 8.51. The van der Waals surface area contributed by atoms with E-state index in [0.29, 0.717) is 16.9 Å². The number of nitrogens with one attached hydrogen (secondary N) is 1. The average Bonchev–Trinajstić information content (AvgIpc) is 3.15. The summed E-state index contributed by atoms with van der Waals surface area (Å²) in [4.78, 5) is 0. The molecule has 4 aliphatic carbocycles. The summed E-state index contributed by atoms with van der Waals surface area (Å²) in [5.74, 6) is 6.31. The van der Waals surface area contributed by atoms with E-state index in [9.17, 15) is 0 Å². The molecule has 0 bridgehead atoms. The van der Waals surface area contributed by atoms with Gasteiger partial charge in [0.2, 0.25) is 0 Å². The third-order valence-corrected chi connectivity index (χ3v) is 12.0. The molecule has 0 spiro atoms. The third kappa shape index (κ3) is 5.02. The van der Waals surface area contributed by atoms with Crippen molar-refractivity contribution in [2.75, 3.05) is 0 Å². The van der Waals surface area contributed by atoms with Crippen molar-refractivity contribution in [2.24, 2.45) is 52.3 Å². The molecule has 34 heavy (non-hydrogen) atoms. The summed E-state index contributed by atoms with van der Waals surface area (Å²) in [6, 6.07) is 0.717. The third-order valence-electron chi connectivity index (χ3n) is 12.0. The van der Waals surface area contributed by atoms with Gasteiger partial charge in [0, 0.05) is 11.7 Å². The van der Waals surface area contributed by atoms with E-state index in [1.54, 1.807) is 5.70 Å². The molecular formula is C33H59N. The first-order chi connectivity index (χ1) is 16.2. The van der Waals surface area contributed by atoms with E-state index in [-0.39, 0.29) is 0 Å². The van der Waals surface area contributed by atoms with Crippen LogP contribution in [0.4, 0.5) is 0 Å². The van der Waals surface area contributed by atoms with Crippen LogP contribution in [-0.2, 0) is 0 Å². The van der Waals surface area contributed by atoms with Gasteiger partial charge >= 0.3 is 0 Å². The number of hydrogen-bond donors (Lipinski definition) is 1. The Morgan fingerprint density at radius 2 is 1.82 bits per heavy atom. The molecule has 4 rings (SSSR count). The number of rotatable bonds is 9. The maximum atomic E-state index is 4.25. The van der Waals surface area contributed by atoms with Gasteiger partial charge in [-0.15, -0.1) is 0 Å². The molecule has 1 heteroatoms. The summed E-state index contributed by atoms with van der Waals surface area (Å²) >= 11 is 0. The van der Waals surface area contributed by atoms with Crippen LogP contribution in [0.5, 0.6) is 0 Å². The SMILES string of the molecule is CCCC1(C)C(C)CC(NC2=CCCCC2)C2C1CCC1(C)C(C(C)CCCC(C)C)CCC21. The zero-order valence-corrected chi connectivity index (χ0v) is 24.1. The molecule has 9 atom stereocenters. The van der Waals surface area contributed by atoms with Crippen LogP contribution in [0.15, 0.2) is 11.8 Å². The molecular weight excluding hydrogens is 410 g/mol. The van der Waals surface area contributed by atoms with Gasteiger partial charge in [0.1, 0.15) is 0 Å². The highest BCUT2D eigenvalue weighted by molar-refractivity contribution is 5.14. The maximum Gasteiger partial charge on any atom is 0.0294 e. The summed E-state index contributed by atoms with van der Waals surface area (Å²) in [5.41, 5.74) is 2.72. The lowest BCUT2D eigenvalue weighted by Gasteiger charge is -2.62. The van der Waals surface area contributed by atoms with Crippen molar-refractivity contribution in [3.63, 3.8) is 0 Å². The van der Waals surface area contributed by atoms with E-state index in [0.717, 1.165) is 41.4 Å². The molecule has 3 saturated carbocycles. The Labute approximate surface area is 213 Å². The summed E-state index contributed by atoms with van der Waals surface area (Å²) in [6.45, 7) is 17.9. The van der Waals surface area contributed by atoms with E-state index in [2.05, 4.69) is 59.9 Å². The lowest BCUT2D eigenvalue weighted by molar-refractivity contribution is -0.114. The number of fused-ring (bicyclic) bond motifs is 3. The Morgan fingerprint density at radius 3 is 2.50 bits per heavy atom. The summed E-state index contributed by atoms with van der Waals surface area (Å²) < 4.78 is 0. The van der Waals surface area contributed by atoms with Crippen LogP contribution in [0.3, 0.4) is 0 Å². The van der Waals surface area contributed by atoms with Crippen molar-refractivity contribution in [2.45, 2.75) is 144 Å². The molecule has 0 saturated heterocycles. The van der Waals surface area contributed by atoms with Crippen molar-refractivity contribution < 1.29 is 0 Å². The predicted octanol–water partition coefficient (Wildman–Crippen LogP) is 9.77. The Morgan fingerprint density at radius 1 is 1.03 bits per heavy atom. The van der Waals surface area contributed by atoms with Gasteiger partial charge < -0.3 is 5.32 Å². The van der Waals surface area contributed by atoms with Gasteiger partial charge in [0.15, 0.2) is 0 Å². The highest BCUT2D eigenvalue weighted by Crippen LogP contribution is 2.67. The molecule has 0 aliphatic heterocycles. The summed E-state index contributed by atoms with van der Waals surface area (Å²) in [7, 11) is 0. The summed E-state index contributed by atoms with van der Waals surface area (Å²) in [5, 5.41) is 4.25. The number of allylic oxidation sites excluding steroid dienone is 2. The lowest BCUT2D eigenvalue weighted by Crippen LogP contribution is -2.59. The standard InChI is InChI=1S/C33H59N/c1-8-20-32(6)25(5)22-30(34-26-15-10-9-11-16-26)31-28-18-17-27(24(4)14-12-13-23(2)3)33(28,7)21-19-29(31)32/h15,23-25,27-31,34H,8-14,16-22H2,1-7H3. The molecule has 0 heterocycles. The minimum absolute atomic E-state index is 0.542. The molecule has 0 aromatic heterocycles. The van der Waals surface area contributed by atoms with Crippen LogP contribution in [0.1, 0.15) is 138 Å². The van der Waals surface area contributed by atoms with E-state index >= 15 is 0 Å². The topological polar surface area (TPSA) is 12.0 Å². The Hall–Kier alpha value is -0.460. The first-order valence-corrected chi connectivity index (χ1v) is 15.7. The highest BCUT2D eigenvalue weighted by Gasteiger charge is 2.61. The van der Waals surface area contributed by atoms with E-state index < -0.39 is 0 Å². The van der Waals surface area contributed by atoms with Gasteiger partial charge in [-0.25, -0.2) is 0 Å². The van der Waals surface area contributed by atoms with Gasteiger partial charge in [-0.05, 0) is 116 Å². The Balaban J connectivity index is 1.58. The molecule has 9 unspecified atom stereocenters. The molecule has 1 nitrogen and oxygen atoms in total. The van der Waals surface area contributed by atoms with Crippen LogP contribution >= 0.6 is 0 Å². The van der Waals surface area contributed by atoms with Crippen molar-refractivity contribution in [3.8, 4) is 0 Å². The largest absolute Gasteiger partial charge is 0.386 e. The fourth-order valence-corrected chi connectivity index (χ4v) is 10.1. The van der Waals surface area contributed by atoms with Crippen molar-refractivity contribution in [3.05, 3.63) is 11.8 Å². The molecule has 0 aromatic rings. The van der Waals surface area contributed by atoms with Crippen molar-refractivity contribution in [1.29, 1.82) is 0 Å². The van der Waals surface area contributed by atoms with Gasteiger partial charge in [0.05, 0.1) is 0 Å². The molecule has 4 aliphatic rings. The molecule has 196 valence electrons. The normalized spacial score (nSPS) is 43.2. The first kappa shape index (κ1) is 26.6.